The van der Waals surface area contributed by atoms with Crippen LogP contribution in [-0.2, 0) is 0 Å². The largest absolute Gasteiger partial charge is 0.476 e. The maximum atomic E-state index is 12.0. The van der Waals surface area contributed by atoms with Gasteiger partial charge in [-0.3, -0.25) is 4.79 Å². The van der Waals surface area contributed by atoms with Crippen molar-refractivity contribution < 1.29 is 19.8 Å². The van der Waals surface area contributed by atoms with Crippen molar-refractivity contribution in [3.05, 3.63) is 16.1 Å². The summed E-state index contributed by atoms with van der Waals surface area (Å²) in [5.74, 6) is -1.08. The van der Waals surface area contributed by atoms with Crippen molar-refractivity contribution >= 4 is 23.2 Å². The zero-order valence-electron chi connectivity index (χ0n) is 9.70. The van der Waals surface area contributed by atoms with Gasteiger partial charge in [-0.2, -0.15) is 0 Å². The van der Waals surface area contributed by atoms with Crippen molar-refractivity contribution in [3.63, 3.8) is 0 Å². The van der Waals surface area contributed by atoms with Gasteiger partial charge < -0.3 is 15.1 Å². The van der Waals surface area contributed by atoms with Crippen LogP contribution in [0.2, 0.25) is 0 Å². The van der Waals surface area contributed by atoms with Crippen molar-refractivity contribution in [2.75, 3.05) is 19.7 Å². The van der Waals surface area contributed by atoms with Crippen LogP contribution >= 0.6 is 11.3 Å². The molecule has 0 aliphatic carbocycles. The molecule has 6 nitrogen and oxygen atoms in total. The molecule has 18 heavy (non-hydrogen) atoms. The lowest BCUT2D eigenvalue weighted by Gasteiger charge is -2.30. The number of rotatable bonds is 3. The molecule has 0 bridgehead atoms. The molecule has 0 spiro atoms. The topological polar surface area (TPSA) is 90.7 Å². The molecule has 2 N–H and O–H groups in total. The van der Waals surface area contributed by atoms with Gasteiger partial charge in [0.05, 0.1) is 0 Å². The maximum absolute atomic E-state index is 12.0. The lowest BCUT2D eigenvalue weighted by Crippen LogP contribution is -2.39. The molecule has 98 valence electrons. The molecule has 1 aliphatic rings. The summed E-state index contributed by atoms with van der Waals surface area (Å²) in [6, 6.07) is 0. The molecule has 1 amide bonds. The smallest absolute Gasteiger partial charge is 0.355 e. The summed E-state index contributed by atoms with van der Waals surface area (Å²) in [5, 5.41) is 19.4. The fourth-order valence-corrected chi connectivity index (χ4v) is 2.68. The van der Waals surface area contributed by atoms with Gasteiger partial charge in [-0.15, -0.1) is 11.3 Å². The number of hydrogen-bond donors (Lipinski definition) is 2. The summed E-state index contributed by atoms with van der Waals surface area (Å²) in [4.78, 5) is 28.2. The van der Waals surface area contributed by atoms with E-state index in [0.717, 1.165) is 24.2 Å². The standard InChI is InChI=1S/C11H14N2O4S/c14-5-7-1-3-13(4-2-7)10(15)9-12-8(6-18-9)11(16)17/h6-7,14H,1-5H2,(H,16,17). The molecule has 1 aromatic rings. The average Bonchev–Trinajstić information content (AvgIpc) is 2.88. The van der Waals surface area contributed by atoms with E-state index in [1.54, 1.807) is 4.90 Å². The second-order valence-electron chi connectivity index (χ2n) is 4.26. The third-order valence-corrected chi connectivity index (χ3v) is 3.90. The van der Waals surface area contributed by atoms with Crippen LogP contribution in [0.25, 0.3) is 0 Å². The fraction of sp³-hybridized carbons (Fsp3) is 0.545. The Kier molecular flexibility index (Phi) is 3.93. The Morgan fingerprint density at radius 3 is 2.61 bits per heavy atom. The number of aromatic carboxylic acids is 1. The Bertz CT molecular complexity index is 452. The fourth-order valence-electron chi connectivity index (χ4n) is 1.92. The first-order valence-corrected chi connectivity index (χ1v) is 6.58. The molecule has 7 heteroatoms. The zero-order chi connectivity index (χ0) is 13.1. The SMILES string of the molecule is O=C(O)c1csc(C(=O)N2CCC(CO)CC2)n1. The normalized spacial score (nSPS) is 16.8. The number of carboxylic acid groups (broad SMARTS) is 1. The van der Waals surface area contributed by atoms with Crippen LogP contribution in [0, 0.1) is 5.92 Å². The minimum absolute atomic E-state index is 0.0893. The number of aliphatic hydroxyl groups is 1. The minimum Gasteiger partial charge on any atom is -0.476 e. The van der Waals surface area contributed by atoms with E-state index in [0.29, 0.717) is 13.1 Å². The van der Waals surface area contributed by atoms with E-state index in [-0.39, 0.29) is 29.1 Å². The lowest BCUT2D eigenvalue weighted by atomic mass is 9.98. The van der Waals surface area contributed by atoms with Crippen LogP contribution in [0.3, 0.4) is 0 Å². The number of piperidine rings is 1. The minimum atomic E-state index is -1.12. The van der Waals surface area contributed by atoms with Crippen LogP contribution in [0.15, 0.2) is 5.38 Å². The number of carbonyl (C=O) groups is 2. The van der Waals surface area contributed by atoms with Crippen LogP contribution in [0.1, 0.15) is 33.1 Å². The highest BCUT2D eigenvalue weighted by Gasteiger charge is 2.25. The van der Waals surface area contributed by atoms with Crippen LogP contribution in [-0.4, -0.2) is 51.7 Å². The number of aliphatic hydroxyl groups excluding tert-OH is 1. The number of hydrogen-bond acceptors (Lipinski definition) is 5. The summed E-state index contributed by atoms with van der Waals surface area (Å²) in [6.07, 6.45) is 1.55. The maximum Gasteiger partial charge on any atom is 0.355 e. The van der Waals surface area contributed by atoms with E-state index in [2.05, 4.69) is 4.98 Å². The lowest BCUT2D eigenvalue weighted by molar-refractivity contribution is 0.0650. The van der Waals surface area contributed by atoms with Crippen molar-refractivity contribution in [1.82, 2.24) is 9.88 Å². The van der Waals surface area contributed by atoms with Crippen LogP contribution < -0.4 is 0 Å². The predicted molar refractivity (Wildman–Crippen MR) is 64.8 cm³/mol. The molecule has 0 atom stereocenters. The Morgan fingerprint density at radius 2 is 2.11 bits per heavy atom. The highest BCUT2D eigenvalue weighted by molar-refractivity contribution is 7.11. The molecule has 0 aromatic carbocycles. The first kappa shape index (κ1) is 13.0. The Hall–Kier alpha value is -1.47. The van der Waals surface area contributed by atoms with E-state index in [4.69, 9.17) is 10.2 Å². The van der Waals surface area contributed by atoms with Crippen molar-refractivity contribution in [2.24, 2.45) is 5.92 Å². The summed E-state index contributed by atoms with van der Waals surface area (Å²) >= 11 is 1.05. The Morgan fingerprint density at radius 1 is 1.44 bits per heavy atom. The van der Waals surface area contributed by atoms with E-state index in [1.165, 1.54) is 5.38 Å². The predicted octanol–water partition coefficient (Wildman–Crippen LogP) is 0.686. The monoisotopic (exact) mass is 270 g/mol. The third kappa shape index (κ3) is 2.68. The van der Waals surface area contributed by atoms with Gasteiger partial charge in [-0.1, -0.05) is 0 Å². The Labute approximate surface area is 108 Å². The first-order valence-electron chi connectivity index (χ1n) is 5.70. The molecular weight excluding hydrogens is 256 g/mol. The number of likely N-dealkylation sites (tertiary alicyclic amines) is 1. The third-order valence-electron chi connectivity index (χ3n) is 3.07. The highest BCUT2D eigenvalue weighted by atomic mass is 32.1. The number of amides is 1. The Balaban J connectivity index is 2.01. The molecule has 1 aromatic heterocycles. The second kappa shape index (κ2) is 5.45. The first-order chi connectivity index (χ1) is 8.61. The molecule has 2 heterocycles. The van der Waals surface area contributed by atoms with Crippen molar-refractivity contribution in [1.29, 1.82) is 0 Å². The number of carboxylic acids is 1. The van der Waals surface area contributed by atoms with Gasteiger partial charge in [0.25, 0.3) is 5.91 Å². The van der Waals surface area contributed by atoms with Crippen molar-refractivity contribution in [2.45, 2.75) is 12.8 Å². The van der Waals surface area contributed by atoms with Crippen LogP contribution in [0.4, 0.5) is 0 Å². The molecule has 0 saturated carbocycles. The highest BCUT2D eigenvalue weighted by Crippen LogP contribution is 2.20. The molecule has 1 aliphatic heterocycles. The average molecular weight is 270 g/mol. The number of nitrogens with zero attached hydrogens (tertiary/aromatic N) is 2. The molecule has 1 fully saturated rings. The van der Waals surface area contributed by atoms with Crippen LogP contribution in [0.5, 0.6) is 0 Å². The number of carbonyl (C=O) groups excluding carboxylic acids is 1. The van der Waals surface area contributed by atoms with E-state index < -0.39 is 5.97 Å². The summed E-state index contributed by atoms with van der Waals surface area (Å²) in [7, 11) is 0. The summed E-state index contributed by atoms with van der Waals surface area (Å²) in [6.45, 7) is 1.33. The number of aromatic nitrogens is 1. The van der Waals surface area contributed by atoms with E-state index >= 15 is 0 Å². The van der Waals surface area contributed by atoms with Gasteiger partial charge in [-0.05, 0) is 18.8 Å². The molecule has 0 unspecified atom stereocenters. The van der Waals surface area contributed by atoms with Gasteiger partial charge >= 0.3 is 5.97 Å². The van der Waals surface area contributed by atoms with Crippen molar-refractivity contribution in [3.8, 4) is 0 Å². The summed E-state index contributed by atoms with van der Waals surface area (Å²) < 4.78 is 0. The molecule has 0 radical (unpaired) electrons. The second-order valence-corrected chi connectivity index (χ2v) is 5.12. The van der Waals surface area contributed by atoms with Gasteiger partial charge in [-0.25, -0.2) is 9.78 Å². The quantitative estimate of drug-likeness (QED) is 0.843. The zero-order valence-corrected chi connectivity index (χ0v) is 10.5. The van der Waals surface area contributed by atoms with Gasteiger partial charge in [0.2, 0.25) is 0 Å². The molecule has 2 rings (SSSR count). The van der Waals surface area contributed by atoms with E-state index in [1.807, 2.05) is 0 Å². The van der Waals surface area contributed by atoms with Gasteiger partial charge in [0, 0.05) is 25.1 Å². The number of thiazole rings is 1. The molecular formula is C11H14N2O4S. The molecule has 1 saturated heterocycles. The summed E-state index contributed by atoms with van der Waals surface area (Å²) in [5.41, 5.74) is -0.0893. The van der Waals surface area contributed by atoms with Gasteiger partial charge in [0.1, 0.15) is 0 Å². The van der Waals surface area contributed by atoms with Gasteiger partial charge in [0.15, 0.2) is 10.7 Å². The van der Waals surface area contributed by atoms with E-state index in [9.17, 15) is 9.59 Å².